The van der Waals surface area contributed by atoms with Gasteiger partial charge in [-0.25, -0.2) is 8.42 Å². The van der Waals surface area contributed by atoms with Crippen molar-refractivity contribution in [3.05, 3.63) is 29.8 Å². The maximum atomic E-state index is 12.6. The minimum atomic E-state index is -3.61. The van der Waals surface area contributed by atoms with Crippen LogP contribution in [-0.2, 0) is 10.0 Å². The second-order valence-electron chi connectivity index (χ2n) is 5.02. The molecule has 1 aromatic carbocycles. The Balaban J connectivity index is 3.20. The number of rotatable bonds is 7. The van der Waals surface area contributed by atoms with Gasteiger partial charge in [-0.1, -0.05) is 19.1 Å². The van der Waals surface area contributed by atoms with E-state index in [0.29, 0.717) is 0 Å². The fraction of sp³-hybridized carbons (Fsp3) is 0.571. The first kappa shape index (κ1) is 17.1. The highest BCUT2D eigenvalue weighted by Gasteiger charge is 2.26. The molecule has 1 rings (SSSR count). The molecule has 0 radical (unpaired) electrons. The number of aliphatic hydroxyl groups is 1. The molecule has 0 aromatic heterocycles. The minimum absolute atomic E-state index is 0.0874. The van der Waals surface area contributed by atoms with Crippen molar-refractivity contribution >= 4 is 10.0 Å². The smallest absolute Gasteiger partial charge is 0.243 e. The maximum Gasteiger partial charge on any atom is 0.243 e. The Kier molecular flexibility index (Phi) is 6.13. The molecule has 0 bridgehead atoms. The Morgan fingerprint density at radius 3 is 2.50 bits per heavy atom. The number of hydrogen-bond acceptors (Lipinski definition) is 4. The zero-order valence-corrected chi connectivity index (χ0v) is 13.1. The largest absolute Gasteiger partial charge is 0.395 e. The quantitative estimate of drug-likeness (QED) is 0.799. The van der Waals surface area contributed by atoms with Crippen LogP contribution >= 0.6 is 0 Å². The zero-order valence-electron chi connectivity index (χ0n) is 12.3. The van der Waals surface area contributed by atoms with Crippen molar-refractivity contribution in [3.8, 4) is 0 Å². The SMILES string of the molecule is CCC(N)c1cccc(S(=O)(=O)N(CCO)C(C)C)c1. The lowest BCUT2D eigenvalue weighted by atomic mass is 10.1. The molecule has 0 fully saturated rings. The molecule has 1 aromatic rings. The van der Waals surface area contributed by atoms with Crippen molar-refractivity contribution in [2.45, 2.75) is 44.2 Å². The van der Waals surface area contributed by atoms with E-state index in [4.69, 9.17) is 10.8 Å². The fourth-order valence-corrected chi connectivity index (χ4v) is 3.71. The van der Waals surface area contributed by atoms with E-state index in [1.807, 2.05) is 13.0 Å². The van der Waals surface area contributed by atoms with Crippen molar-refractivity contribution in [3.63, 3.8) is 0 Å². The maximum absolute atomic E-state index is 12.6. The average Bonchev–Trinajstić information content (AvgIpc) is 2.43. The van der Waals surface area contributed by atoms with Crippen LogP contribution in [-0.4, -0.2) is 37.0 Å². The summed E-state index contributed by atoms with van der Waals surface area (Å²) in [5.74, 6) is 0. The molecule has 0 aliphatic rings. The summed E-state index contributed by atoms with van der Waals surface area (Å²) in [4.78, 5) is 0.223. The lowest BCUT2D eigenvalue weighted by molar-refractivity contribution is 0.236. The first-order chi connectivity index (χ1) is 9.34. The summed E-state index contributed by atoms with van der Waals surface area (Å²) in [5.41, 5.74) is 6.76. The van der Waals surface area contributed by atoms with E-state index in [-0.39, 0.29) is 30.1 Å². The molecular formula is C14H24N2O3S. The Morgan fingerprint density at radius 1 is 1.35 bits per heavy atom. The topological polar surface area (TPSA) is 83.6 Å². The number of benzene rings is 1. The van der Waals surface area contributed by atoms with Gasteiger partial charge < -0.3 is 10.8 Å². The third-order valence-corrected chi connectivity index (χ3v) is 5.30. The van der Waals surface area contributed by atoms with Crippen molar-refractivity contribution < 1.29 is 13.5 Å². The van der Waals surface area contributed by atoms with Gasteiger partial charge in [-0.15, -0.1) is 0 Å². The van der Waals surface area contributed by atoms with E-state index >= 15 is 0 Å². The average molecular weight is 300 g/mol. The van der Waals surface area contributed by atoms with Gasteiger partial charge in [-0.2, -0.15) is 4.31 Å². The standard InChI is InChI=1S/C14H24N2O3S/c1-4-14(15)12-6-5-7-13(10-12)20(18,19)16(8-9-17)11(2)3/h5-7,10-11,14,17H,4,8-9,15H2,1-3H3. The van der Waals surface area contributed by atoms with Gasteiger partial charge in [-0.05, 0) is 38.0 Å². The van der Waals surface area contributed by atoms with Crippen molar-refractivity contribution in [1.82, 2.24) is 4.31 Å². The Hall–Kier alpha value is -0.950. The van der Waals surface area contributed by atoms with Crippen LogP contribution in [0.5, 0.6) is 0 Å². The van der Waals surface area contributed by atoms with Gasteiger partial charge >= 0.3 is 0 Å². The second-order valence-corrected chi connectivity index (χ2v) is 6.91. The molecule has 0 saturated carbocycles. The van der Waals surface area contributed by atoms with Gasteiger partial charge in [0.25, 0.3) is 0 Å². The van der Waals surface area contributed by atoms with Crippen LogP contribution in [0.4, 0.5) is 0 Å². The van der Waals surface area contributed by atoms with Crippen LogP contribution < -0.4 is 5.73 Å². The lowest BCUT2D eigenvalue weighted by Crippen LogP contribution is -2.39. The Bertz CT molecular complexity index is 529. The van der Waals surface area contributed by atoms with Crippen LogP contribution in [0.25, 0.3) is 0 Å². The molecular weight excluding hydrogens is 276 g/mol. The molecule has 20 heavy (non-hydrogen) atoms. The predicted octanol–water partition coefficient (Wildman–Crippen LogP) is 1.49. The molecule has 0 aliphatic carbocycles. The van der Waals surface area contributed by atoms with Crippen molar-refractivity contribution in [2.24, 2.45) is 5.73 Å². The number of aliphatic hydroxyl groups excluding tert-OH is 1. The summed E-state index contributed by atoms with van der Waals surface area (Å²) >= 11 is 0. The fourth-order valence-electron chi connectivity index (χ4n) is 2.03. The van der Waals surface area contributed by atoms with Gasteiger partial charge in [0.1, 0.15) is 0 Å². The van der Waals surface area contributed by atoms with Crippen LogP contribution in [0.2, 0.25) is 0 Å². The van der Waals surface area contributed by atoms with Gasteiger partial charge in [0, 0.05) is 18.6 Å². The molecule has 1 unspecified atom stereocenters. The molecule has 5 nitrogen and oxygen atoms in total. The third-order valence-electron chi connectivity index (χ3n) is 3.23. The molecule has 0 heterocycles. The van der Waals surface area contributed by atoms with Crippen molar-refractivity contribution in [1.29, 1.82) is 0 Å². The van der Waals surface area contributed by atoms with E-state index in [0.717, 1.165) is 12.0 Å². The van der Waals surface area contributed by atoms with E-state index in [9.17, 15) is 8.42 Å². The van der Waals surface area contributed by atoms with E-state index < -0.39 is 10.0 Å². The Labute approximate surface area is 121 Å². The first-order valence-electron chi connectivity index (χ1n) is 6.82. The predicted molar refractivity (Wildman–Crippen MR) is 79.8 cm³/mol. The summed E-state index contributed by atoms with van der Waals surface area (Å²) in [6.45, 7) is 5.41. The number of nitrogens with zero attached hydrogens (tertiary/aromatic N) is 1. The van der Waals surface area contributed by atoms with E-state index in [1.54, 1.807) is 32.0 Å². The number of hydrogen-bond donors (Lipinski definition) is 2. The zero-order chi connectivity index (χ0) is 15.3. The highest BCUT2D eigenvalue weighted by molar-refractivity contribution is 7.89. The molecule has 6 heteroatoms. The van der Waals surface area contributed by atoms with E-state index in [1.165, 1.54) is 4.31 Å². The van der Waals surface area contributed by atoms with Crippen LogP contribution in [0, 0.1) is 0 Å². The summed E-state index contributed by atoms with van der Waals surface area (Å²) in [6, 6.07) is 6.34. The lowest BCUT2D eigenvalue weighted by Gasteiger charge is -2.25. The highest BCUT2D eigenvalue weighted by Crippen LogP contribution is 2.22. The number of sulfonamides is 1. The van der Waals surface area contributed by atoms with Crippen molar-refractivity contribution in [2.75, 3.05) is 13.2 Å². The molecule has 0 spiro atoms. The second kappa shape index (κ2) is 7.17. The van der Waals surface area contributed by atoms with E-state index in [2.05, 4.69) is 0 Å². The molecule has 114 valence electrons. The first-order valence-corrected chi connectivity index (χ1v) is 8.26. The van der Waals surface area contributed by atoms with Crippen LogP contribution in [0.3, 0.4) is 0 Å². The van der Waals surface area contributed by atoms with Gasteiger partial charge in [0.2, 0.25) is 10.0 Å². The monoisotopic (exact) mass is 300 g/mol. The minimum Gasteiger partial charge on any atom is -0.395 e. The molecule has 3 N–H and O–H groups in total. The van der Waals surface area contributed by atoms with Crippen LogP contribution in [0.1, 0.15) is 38.8 Å². The summed E-state index contributed by atoms with van der Waals surface area (Å²) in [7, 11) is -3.61. The van der Waals surface area contributed by atoms with Gasteiger partial charge in [0.05, 0.1) is 11.5 Å². The summed E-state index contributed by atoms with van der Waals surface area (Å²) in [5, 5.41) is 9.05. The normalized spacial score (nSPS) is 13.9. The highest BCUT2D eigenvalue weighted by atomic mass is 32.2. The van der Waals surface area contributed by atoms with Gasteiger partial charge in [0.15, 0.2) is 0 Å². The molecule has 0 aliphatic heterocycles. The number of nitrogens with two attached hydrogens (primary N) is 1. The van der Waals surface area contributed by atoms with Gasteiger partial charge in [-0.3, -0.25) is 0 Å². The van der Waals surface area contributed by atoms with Crippen LogP contribution in [0.15, 0.2) is 29.2 Å². The summed E-state index contributed by atoms with van der Waals surface area (Å²) in [6.07, 6.45) is 0.744. The third kappa shape index (κ3) is 3.79. The molecule has 0 amide bonds. The molecule has 1 atom stereocenters. The summed E-state index contributed by atoms with van der Waals surface area (Å²) < 4.78 is 26.5. The molecule has 0 saturated heterocycles. The Morgan fingerprint density at radius 2 is 2.00 bits per heavy atom.